The van der Waals surface area contributed by atoms with E-state index in [1.54, 1.807) is 36.4 Å². The van der Waals surface area contributed by atoms with E-state index < -0.39 is 59.8 Å². The molecule has 0 aliphatic heterocycles. The molecule has 0 amide bonds. The van der Waals surface area contributed by atoms with Crippen LogP contribution in [0.5, 0.6) is 0 Å². The molecule has 1 aliphatic carbocycles. The average molecular weight is 431 g/mol. The Morgan fingerprint density at radius 2 is 1.35 bits per heavy atom. The normalized spacial score (nSPS) is 27.8. The van der Waals surface area contributed by atoms with Crippen LogP contribution in [0.3, 0.4) is 0 Å². The summed E-state index contributed by atoms with van der Waals surface area (Å²) in [7, 11) is 0. The second-order valence-corrected chi connectivity index (χ2v) is 7.11. The van der Waals surface area contributed by atoms with Gasteiger partial charge in [0.1, 0.15) is 18.8 Å². The highest BCUT2D eigenvalue weighted by Gasteiger charge is 2.57. The van der Waals surface area contributed by atoms with Crippen molar-refractivity contribution in [3.8, 4) is 0 Å². The van der Waals surface area contributed by atoms with Crippen LogP contribution in [-0.4, -0.2) is 69.2 Å². The molecule has 2 aromatic rings. The maximum atomic E-state index is 12.3. The minimum atomic E-state index is -1.97. The van der Waals surface area contributed by atoms with E-state index in [-0.39, 0.29) is 11.1 Å². The molecule has 0 unspecified atom stereocenters. The van der Waals surface area contributed by atoms with E-state index in [0.29, 0.717) is 0 Å². The number of hydrogen-bond donors (Lipinski definition) is 3. The number of aliphatic hydroxyl groups is 3. The molecule has 6 atom stereocenters. The van der Waals surface area contributed by atoms with Crippen molar-refractivity contribution >= 4 is 11.9 Å². The summed E-state index contributed by atoms with van der Waals surface area (Å²) < 4.78 is 10.3. The van der Waals surface area contributed by atoms with Crippen molar-refractivity contribution < 1.29 is 39.3 Å². The summed E-state index contributed by atoms with van der Waals surface area (Å²) in [5.41, 5.74) is 0.318. The topological polar surface area (TPSA) is 156 Å². The predicted molar refractivity (Wildman–Crippen MR) is 105 cm³/mol. The van der Waals surface area contributed by atoms with Crippen molar-refractivity contribution in [1.82, 2.24) is 0 Å². The molecule has 0 spiro atoms. The number of benzene rings is 2. The molecular formula is C21H21NO9. The van der Waals surface area contributed by atoms with Crippen molar-refractivity contribution in [3.05, 3.63) is 81.9 Å². The Bertz CT molecular complexity index is 921. The van der Waals surface area contributed by atoms with E-state index in [4.69, 9.17) is 9.47 Å². The SMILES string of the molecule is O=C(OC[C@@H]1[C@@H](O)[C@H](OC(=O)c2ccccc2)[C@@H](O)[C@@H](O)[C@H]1[N+](=O)[O-])c1ccccc1. The second kappa shape index (κ2) is 9.65. The maximum Gasteiger partial charge on any atom is 0.338 e. The third-order valence-corrected chi connectivity index (χ3v) is 5.16. The van der Waals surface area contributed by atoms with Gasteiger partial charge in [-0.05, 0) is 24.3 Å². The van der Waals surface area contributed by atoms with E-state index in [2.05, 4.69) is 0 Å². The lowest BCUT2D eigenvalue weighted by atomic mass is 9.77. The Morgan fingerprint density at radius 3 is 1.87 bits per heavy atom. The first-order valence-electron chi connectivity index (χ1n) is 9.47. The largest absolute Gasteiger partial charge is 0.461 e. The number of hydrogen-bond acceptors (Lipinski definition) is 9. The Labute approximate surface area is 176 Å². The molecule has 0 radical (unpaired) electrons. The van der Waals surface area contributed by atoms with Crippen LogP contribution in [0.25, 0.3) is 0 Å². The van der Waals surface area contributed by atoms with Crippen LogP contribution < -0.4 is 0 Å². The lowest BCUT2D eigenvalue weighted by Gasteiger charge is -2.41. The summed E-state index contributed by atoms with van der Waals surface area (Å²) in [6.45, 7) is -0.635. The van der Waals surface area contributed by atoms with Gasteiger partial charge in [0.05, 0.1) is 17.0 Å². The van der Waals surface area contributed by atoms with Gasteiger partial charge >= 0.3 is 11.9 Å². The molecule has 10 heteroatoms. The fourth-order valence-corrected chi connectivity index (χ4v) is 3.51. The van der Waals surface area contributed by atoms with Gasteiger partial charge in [-0.15, -0.1) is 0 Å². The molecule has 0 heterocycles. The first-order chi connectivity index (χ1) is 14.8. The molecule has 0 saturated heterocycles. The number of esters is 2. The third kappa shape index (κ3) is 4.88. The first-order valence-corrected chi connectivity index (χ1v) is 9.47. The molecule has 10 nitrogen and oxygen atoms in total. The summed E-state index contributed by atoms with van der Waals surface area (Å²) in [4.78, 5) is 35.2. The van der Waals surface area contributed by atoms with Crippen LogP contribution in [-0.2, 0) is 9.47 Å². The highest BCUT2D eigenvalue weighted by molar-refractivity contribution is 5.89. The van der Waals surface area contributed by atoms with Crippen molar-refractivity contribution in [2.75, 3.05) is 6.61 Å². The lowest BCUT2D eigenvalue weighted by molar-refractivity contribution is -0.556. The molecule has 0 aromatic heterocycles. The molecule has 3 rings (SSSR count). The van der Waals surface area contributed by atoms with Crippen molar-refractivity contribution in [2.24, 2.45) is 5.92 Å². The van der Waals surface area contributed by atoms with Crippen molar-refractivity contribution in [1.29, 1.82) is 0 Å². The van der Waals surface area contributed by atoms with Crippen LogP contribution in [0.2, 0.25) is 0 Å². The lowest BCUT2D eigenvalue weighted by Crippen LogP contribution is -2.65. The molecule has 2 aromatic carbocycles. The molecule has 164 valence electrons. The zero-order valence-corrected chi connectivity index (χ0v) is 16.2. The quantitative estimate of drug-likeness (QED) is 0.335. The van der Waals surface area contributed by atoms with Gasteiger partial charge in [-0.25, -0.2) is 9.59 Å². The standard InChI is InChI=1S/C21H21NO9/c23-16-14(11-30-20(26)12-7-3-1-4-8-12)15(22(28)29)17(24)18(25)19(16)31-21(27)13-9-5-2-6-10-13/h1-10,14-19,23-25H,11H2/t14-,15-,16+,17-,18-,19-/m0/s1. The molecule has 0 bridgehead atoms. The second-order valence-electron chi connectivity index (χ2n) is 7.11. The van der Waals surface area contributed by atoms with Gasteiger partial charge in [-0.2, -0.15) is 0 Å². The van der Waals surface area contributed by atoms with Gasteiger partial charge in [0.25, 0.3) is 0 Å². The Kier molecular flexibility index (Phi) is 6.95. The highest BCUT2D eigenvalue weighted by atomic mass is 16.6. The highest BCUT2D eigenvalue weighted by Crippen LogP contribution is 2.31. The van der Waals surface area contributed by atoms with Gasteiger partial charge in [0.2, 0.25) is 6.04 Å². The van der Waals surface area contributed by atoms with E-state index in [9.17, 15) is 35.0 Å². The van der Waals surface area contributed by atoms with Crippen LogP contribution in [0, 0.1) is 16.0 Å². The van der Waals surface area contributed by atoms with Crippen LogP contribution >= 0.6 is 0 Å². The number of ether oxygens (including phenoxy) is 2. The Hall–Kier alpha value is -3.34. The maximum absolute atomic E-state index is 12.3. The summed E-state index contributed by atoms with van der Waals surface area (Å²) in [6.07, 6.45) is -7.32. The van der Waals surface area contributed by atoms with Crippen LogP contribution in [0.15, 0.2) is 60.7 Å². The minimum absolute atomic E-state index is 0.125. The number of nitro groups is 1. The molecule has 1 fully saturated rings. The number of carbonyl (C=O) groups is 2. The van der Waals surface area contributed by atoms with Gasteiger partial charge in [-0.1, -0.05) is 36.4 Å². The van der Waals surface area contributed by atoms with Gasteiger partial charge in [-0.3, -0.25) is 10.1 Å². The molecule has 3 N–H and O–H groups in total. The van der Waals surface area contributed by atoms with E-state index in [1.165, 1.54) is 24.3 Å². The first kappa shape index (κ1) is 22.3. The van der Waals surface area contributed by atoms with Gasteiger partial charge in [0.15, 0.2) is 12.2 Å². The fraction of sp³-hybridized carbons (Fsp3) is 0.333. The number of aliphatic hydroxyl groups excluding tert-OH is 3. The minimum Gasteiger partial charge on any atom is -0.461 e. The number of rotatable bonds is 6. The Morgan fingerprint density at radius 1 is 0.839 bits per heavy atom. The zero-order chi connectivity index (χ0) is 22.5. The molecular weight excluding hydrogens is 410 g/mol. The van der Waals surface area contributed by atoms with Crippen LogP contribution in [0.1, 0.15) is 20.7 Å². The van der Waals surface area contributed by atoms with E-state index >= 15 is 0 Å². The van der Waals surface area contributed by atoms with Gasteiger partial charge in [0, 0.05) is 4.92 Å². The average Bonchev–Trinajstić information content (AvgIpc) is 2.78. The van der Waals surface area contributed by atoms with Gasteiger partial charge < -0.3 is 24.8 Å². The third-order valence-electron chi connectivity index (χ3n) is 5.16. The monoisotopic (exact) mass is 431 g/mol. The summed E-state index contributed by atoms with van der Waals surface area (Å²) in [6, 6.07) is 13.7. The van der Waals surface area contributed by atoms with Crippen molar-refractivity contribution in [3.63, 3.8) is 0 Å². The summed E-state index contributed by atoms with van der Waals surface area (Å²) in [5.74, 6) is -3.11. The predicted octanol–water partition coefficient (Wildman–Crippen LogP) is 0.427. The number of nitrogens with zero attached hydrogens (tertiary/aromatic N) is 1. The van der Waals surface area contributed by atoms with Crippen molar-refractivity contribution in [2.45, 2.75) is 30.5 Å². The number of carbonyl (C=O) groups excluding carboxylic acids is 2. The smallest absolute Gasteiger partial charge is 0.338 e. The summed E-state index contributed by atoms with van der Waals surface area (Å²) in [5, 5.41) is 42.8. The molecule has 1 saturated carbocycles. The van der Waals surface area contributed by atoms with E-state index in [1.807, 2.05) is 0 Å². The molecule has 31 heavy (non-hydrogen) atoms. The Balaban J connectivity index is 1.78. The fourth-order valence-electron chi connectivity index (χ4n) is 3.51. The zero-order valence-electron chi connectivity index (χ0n) is 16.2. The summed E-state index contributed by atoms with van der Waals surface area (Å²) >= 11 is 0. The van der Waals surface area contributed by atoms with Crippen LogP contribution in [0.4, 0.5) is 0 Å². The van der Waals surface area contributed by atoms with E-state index in [0.717, 1.165) is 0 Å². The molecule has 1 aliphatic rings.